The summed E-state index contributed by atoms with van der Waals surface area (Å²) in [6.07, 6.45) is 0.922. The van der Waals surface area contributed by atoms with E-state index < -0.39 is 0 Å². The molecule has 0 radical (unpaired) electrons. The molecule has 1 aromatic rings. The van der Waals surface area contributed by atoms with Crippen molar-refractivity contribution in [2.75, 3.05) is 6.61 Å². The van der Waals surface area contributed by atoms with Crippen molar-refractivity contribution in [1.29, 1.82) is 0 Å². The van der Waals surface area contributed by atoms with Gasteiger partial charge in [0.15, 0.2) is 0 Å². The maximum atomic E-state index is 5.53. The normalized spacial score (nSPS) is 9.69. The van der Waals surface area contributed by atoms with Crippen molar-refractivity contribution in [3.8, 4) is 5.75 Å². The van der Waals surface area contributed by atoms with Gasteiger partial charge in [0.25, 0.3) is 0 Å². The molecule has 0 atom stereocenters. The molecule has 13 heavy (non-hydrogen) atoms. The van der Waals surface area contributed by atoms with E-state index in [4.69, 9.17) is 4.74 Å². The van der Waals surface area contributed by atoms with Gasteiger partial charge in [0, 0.05) is 9.99 Å². The van der Waals surface area contributed by atoms with Gasteiger partial charge < -0.3 is 4.74 Å². The zero-order valence-corrected chi connectivity index (χ0v) is 9.87. The van der Waals surface area contributed by atoms with Gasteiger partial charge in [-0.05, 0) is 47.7 Å². The standard InChI is InChI=1S/C11H13IO/c1-9(2)6-7-13-11-5-3-4-10(12)8-11/h3-5,8H,1,6-7H2,2H3. The van der Waals surface area contributed by atoms with Crippen LogP contribution in [0.1, 0.15) is 13.3 Å². The van der Waals surface area contributed by atoms with E-state index >= 15 is 0 Å². The Morgan fingerprint density at radius 3 is 2.92 bits per heavy atom. The summed E-state index contributed by atoms with van der Waals surface area (Å²) in [7, 11) is 0. The Hall–Kier alpha value is -0.510. The van der Waals surface area contributed by atoms with Crippen LogP contribution in [0, 0.1) is 3.57 Å². The van der Waals surface area contributed by atoms with E-state index in [2.05, 4.69) is 29.2 Å². The van der Waals surface area contributed by atoms with E-state index in [9.17, 15) is 0 Å². The van der Waals surface area contributed by atoms with Crippen LogP contribution in [0.15, 0.2) is 36.4 Å². The van der Waals surface area contributed by atoms with Crippen LogP contribution in [-0.4, -0.2) is 6.61 Å². The molecule has 70 valence electrons. The highest BCUT2D eigenvalue weighted by atomic mass is 127. The van der Waals surface area contributed by atoms with Crippen molar-refractivity contribution in [2.45, 2.75) is 13.3 Å². The molecule has 0 bridgehead atoms. The number of halogens is 1. The van der Waals surface area contributed by atoms with Gasteiger partial charge >= 0.3 is 0 Å². The summed E-state index contributed by atoms with van der Waals surface area (Å²) in [5.74, 6) is 0.938. The molecule has 1 aromatic carbocycles. The third-order valence-electron chi connectivity index (χ3n) is 1.59. The van der Waals surface area contributed by atoms with Gasteiger partial charge in [-0.3, -0.25) is 0 Å². The van der Waals surface area contributed by atoms with Crippen molar-refractivity contribution >= 4 is 22.6 Å². The van der Waals surface area contributed by atoms with E-state index in [-0.39, 0.29) is 0 Å². The first-order valence-corrected chi connectivity index (χ1v) is 5.29. The molecule has 0 aliphatic carbocycles. The predicted octanol–water partition coefficient (Wildman–Crippen LogP) is 3.64. The van der Waals surface area contributed by atoms with Gasteiger partial charge in [-0.25, -0.2) is 0 Å². The van der Waals surface area contributed by atoms with Gasteiger partial charge in [0.05, 0.1) is 6.61 Å². The first kappa shape index (κ1) is 10.6. The first-order valence-electron chi connectivity index (χ1n) is 4.21. The van der Waals surface area contributed by atoms with E-state index in [1.165, 1.54) is 3.57 Å². The number of ether oxygens (including phenoxy) is 1. The van der Waals surface area contributed by atoms with Gasteiger partial charge in [-0.1, -0.05) is 11.6 Å². The van der Waals surface area contributed by atoms with Crippen LogP contribution in [0.5, 0.6) is 5.75 Å². The smallest absolute Gasteiger partial charge is 0.120 e. The Bertz CT molecular complexity index is 294. The third-order valence-corrected chi connectivity index (χ3v) is 2.26. The van der Waals surface area contributed by atoms with Crippen LogP contribution in [0.2, 0.25) is 0 Å². The Morgan fingerprint density at radius 2 is 2.31 bits per heavy atom. The van der Waals surface area contributed by atoms with Crippen molar-refractivity contribution in [3.63, 3.8) is 0 Å². The summed E-state index contributed by atoms with van der Waals surface area (Å²) < 4.78 is 6.73. The lowest BCUT2D eigenvalue weighted by atomic mass is 10.3. The average molecular weight is 288 g/mol. The monoisotopic (exact) mass is 288 g/mol. The van der Waals surface area contributed by atoms with Gasteiger partial charge in [-0.15, -0.1) is 6.58 Å². The summed E-state index contributed by atoms with van der Waals surface area (Å²) in [5.41, 5.74) is 1.16. The molecule has 2 heteroatoms. The van der Waals surface area contributed by atoms with Crippen molar-refractivity contribution in [2.24, 2.45) is 0 Å². The fourth-order valence-corrected chi connectivity index (χ4v) is 1.41. The third kappa shape index (κ3) is 4.31. The number of hydrogen-bond donors (Lipinski definition) is 0. The maximum absolute atomic E-state index is 5.53. The quantitative estimate of drug-likeness (QED) is 0.607. The molecular weight excluding hydrogens is 275 g/mol. The minimum atomic E-state index is 0.718. The van der Waals surface area contributed by atoms with Crippen molar-refractivity contribution in [3.05, 3.63) is 40.0 Å². The van der Waals surface area contributed by atoms with Gasteiger partial charge in [0.1, 0.15) is 5.75 Å². The van der Waals surface area contributed by atoms with Crippen molar-refractivity contribution in [1.82, 2.24) is 0 Å². The topological polar surface area (TPSA) is 9.23 Å². The van der Waals surface area contributed by atoms with E-state index in [1.54, 1.807) is 0 Å². The van der Waals surface area contributed by atoms with E-state index in [0.717, 1.165) is 24.4 Å². The Morgan fingerprint density at radius 1 is 1.54 bits per heavy atom. The largest absolute Gasteiger partial charge is 0.493 e. The lowest BCUT2D eigenvalue weighted by Gasteiger charge is -2.05. The minimum Gasteiger partial charge on any atom is -0.493 e. The molecule has 0 aromatic heterocycles. The molecule has 0 amide bonds. The van der Waals surface area contributed by atoms with E-state index in [0.29, 0.717) is 0 Å². The lowest BCUT2D eigenvalue weighted by molar-refractivity contribution is 0.321. The van der Waals surface area contributed by atoms with Crippen molar-refractivity contribution < 1.29 is 4.74 Å². The van der Waals surface area contributed by atoms with Crippen LogP contribution >= 0.6 is 22.6 Å². The zero-order valence-electron chi connectivity index (χ0n) is 7.72. The Labute approximate surface area is 92.9 Å². The number of rotatable bonds is 4. The molecule has 0 spiro atoms. The minimum absolute atomic E-state index is 0.718. The van der Waals surface area contributed by atoms with Crippen LogP contribution in [0.4, 0.5) is 0 Å². The number of hydrogen-bond acceptors (Lipinski definition) is 1. The fourth-order valence-electron chi connectivity index (χ4n) is 0.900. The highest BCUT2D eigenvalue weighted by Gasteiger charge is 1.94. The van der Waals surface area contributed by atoms with E-state index in [1.807, 2.05) is 31.2 Å². The molecule has 0 saturated heterocycles. The molecule has 0 aliphatic rings. The summed E-state index contributed by atoms with van der Waals surface area (Å²) in [6, 6.07) is 8.05. The molecule has 0 heterocycles. The molecule has 1 rings (SSSR count). The molecular formula is C11H13IO. The highest BCUT2D eigenvalue weighted by molar-refractivity contribution is 14.1. The number of benzene rings is 1. The second-order valence-electron chi connectivity index (χ2n) is 3.01. The van der Waals surface area contributed by atoms with Crippen LogP contribution < -0.4 is 4.74 Å². The summed E-state index contributed by atoms with van der Waals surface area (Å²) in [5, 5.41) is 0. The Kier molecular flexibility index (Phi) is 4.28. The van der Waals surface area contributed by atoms with Crippen LogP contribution in [0.25, 0.3) is 0 Å². The molecule has 1 nitrogen and oxygen atoms in total. The average Bonchev–Trinajstić information content (AvgIpc) is 2.03. The fraction of sp³-hybridized carbons (Fsp3) is 0.273. The zero-order chi connectivity index (χ0) is 9.68. The SMILES string of the molecule is C=C(C)CCOc1cccc(I)c1. The predicted molar refractivity (Wildman–Crippen MR) is 64.1 cm³/mol. The summed E-state index contributed by atoms with van der Waals surface area (Å²) in [4.78, 5) is 0. The molecule has 0 saturated carbocycles. The molecule has 0 aliphatic heterocycles. The highest BCUT2D eigenvalue weighted by Crippen LogP contribution is 2.15. The second-order valence-corrected chi connectivity index (χ2v) is 4.26. The van der Waals surface area contributed by atoms with Crippen LogP contribution in [0.3, 0.4) is 0 Å². The van der Waals surface area contributed by atoms with Crippen LogP contribution in [-0.2, 0) is 0 Å². The molecule has 0 fully saturated rings. The first-order chi connectivity index (χ1) is 6.18. The lowest BCUT2D eigenvalue weighted by Crippen LogP contribution is -1.97. The molecule has 0 unspecified atom stereocenters. The van der Waals surface area contributed by atoms with Gasteiger partial charge in [-0.2, -0.15) is 0 Å². The Balaban J connectivity index is 2.41. The van der Waals surface area contributed by atoms with Gasteiger partial charge in [0.2, 0.25) is 0 Å². The summed E-state index contributed by atoms with van der Waals surface area (Å²) in [6.45, 7) is 6.55. The summed E-state index contributed by atoms with van der Waals surface area (Å²) >= 11 is 2.27. The second kappa shape index (κ2) is 5.27. The molecule has 0 N–H and O–H groups in total. The maximum Gasteiger partial charge on any atom is 0.120 e.